The quantitative estimate of drug-likeness (QED) is 0.666. The van der Waals surface area contributed by atoms with E-state index in [1.54, 1.807) is 6.92 Å². The first-order valence-corrected chi connectivity index (χ1v) is 6.03. The summed E-state index contributed by atoms with van der Waals surface area (Å²) >= 11 is 11.8. The molecule has 19 heavy (non-hydrogen) atoms. The molecule has 0 saturated carbocycles. The smallest absolute Gasteiger partial charge is 0.240 e. The van der Waals surface area contributed by atoms with Crippen molar-refractivity contribution in [3.8, 4) is 11.6 Å². The van der Waals surface area contributed by atoms with Crippen LogP contribution in [0.1, 0.15) is 5.56 Å². The molecule has 0 unspecified atom stereocenters. The number of aryl methyl sites for hydroxylation is 1. The molecule has 0 fully saturated rings. The molecule has 2 aromatic rings. The first-order chi connectivity index (χ1) is 9.01. The standard InChI is InChI=1S/C12H10Cl2FN3O/c1-6-4-7(2-3-10(6)15)19-12-9(14)5-8(13)11(17-12)18-16/h2-5H,16H2,1H3,(H,17,18). The minimum Gasteiger partial charge on any atom is -0.437 e. The Kier molecular flexibility index (Phi) is 4.09. The SMILES string of the molecule is Cc1cc(Oc2nc(NN)c(Cl)cc2Cl)ccc1F. The van der Waals surface area contributed by atoms with Crippen LogP contribution < -0.4 is 16.0 Å². The first-order valence-electron chi connectivity index (χ1n) is 5.28. The zero-order valence-electron chi connectivity index (χ0n) is 9.88. The van der Waals surface area contributed by atoms with Crippen LogP contribution in [-0.2, 0) is 0 Å². The number of nitrogen functional groups attached to an aromatic ring is 1. The lowest BCUT2D eigenvalue weighted by Crippen LogP contribution is -2.09. The number of rotatable bonds is 3. The molecule has 0 radical (unpaired) electrons. The van der Waals surface area contributed by atoms with Crippen molar-refractivity contribution in [2.75, 3.05) is 5.43 Å². The van der Waals surface area contributed by atoms with Gasteiger partial charge in [0.25, 0.3) is 0 Å². The number of hydrogen-bond donors (Lipinski definition) is 2. The van der Waals surface area contributed by atoms with Crippen molar-refractivity contribution >= 4 is 29.0 Å². The number of ether oxygens (including phenoxy) is 1. The summed E-state index contributed by atoms with van der Waals surface area (Å²) in [5.41, 5.74) is 2.79. The molecule has 2 rings (SSSR count). The predicted octanol–water partition coefficient (Wildman–Crippen LogP) is 3.91. The molecule has 0 atom stereocenters. The van der Waals surface area contributed by atoms with Gasteiger partial charge in [0.2, 0.25) is 5.88 Å². The van der Waals surface area contributed by atoms with Crippen LogP contribution in [0, 0.1) is 12.7 Å². The Balaban J connectivity index is 2.34. The normalized spacial score (nSPS) is 10.4. The highest BCUT2D eigenvalue weighted by molar-refractivity contribution is 6.36. The van der Waals surface area contributed by atoms with Gasteiger partial charge in [-0.2, -0.15) is 4.98 Å². The fourth-order valence-electron chi connectivity index (χ4n) is 1.41. The summed E-state index contributed by atoms with van der Waals surface area (Å²) in [6, 6.07) is 5.77. The second-order valence-electron chi connectivity index (χ2n) is 3.76. The molecule has 1 heterocycles. The lowest BCUT2D eigenvalue weighted by molar-refractivity contribution is 0.461. The average Bonchev–Trinajstić information content (AvgIpc) is 2.37. The molecule has 1 aromatic carbocycles. The van der Waals surface area contributed by atoms with Crippen molar-refractivity contribution in [1.29, 1.82) is 0 Å². The van der Waals surface area contributed by atoms with Gasteiger partial charge < -0.3 is 10.2 Å². The molecule has 0 aliphatic heterocycles. The molecule has 4 nitrogen and oxygen atoms in total. The van der Waals surface area contributed by atoms with Crippen molar-refractivity contribution in [2.45, 2.75) is 6.92 Å². The summed E-state index contributed by atoms with van der Waals surface area (Å²) in [5.74, 6) is 5.73. The third-order valence-corrected chi connectivity index (χ3v) is 2.94. The van der Waals surface area contributed by atoms with E-state index in [1.165, 1.54) is 24.3 Å². The van der Waals surface area contributed by atoms with E-state index in [0.717, 1.165) is 0 Å². The molecular weight excluding hydrogens is 292 g/mol. The van der Waals surface area contributed by atoms with Gasteiger partial charge in [-0.05, 0) is 36.8 Å². The van der Waals surface area contributed by atoms with Crippen LogP contribution >= 0.6 is 23.2 Å². The van der Waals surface area contributed by atoms with E-state index < -0.39 is 0 Å². The Labute approximate surface area is 119 Å². The lowest BCUT2D eigenvalue weighted by Gasteiger charge is -2.10. The minimum atomic E-state index is -0.313. The zero-order valence-corrected chi connectivity index (χ0v) is 11.4. The number of pyridine rings is 1. The molecule has 0 aliphatic rings. The van der Waals surface area contributed by atoms with E-state index in [1.807, 2.05) is 0 Å². The van der Waals surface area contributed by atoms with Crippen molar-refractivity contribution in [3.05, 3.63) is 45.7 Å². The Morgan fingerprint density at radius 3 is 2.63 bits per heavy atom. The number of hydrogen-bond acceptors (Lipinski definition) is 4. The summed E-state index contributed by atoms with van der Waals surface area (Å²) in [4.78, 5) is 4.02. The van der Waals surface area contributed by atoms with Crippen molar-refractivity contribution in [2.24, 2.45) is 5.84 Å². The summed E-state index contributed by atoms with van der Waals surface area (Å²) in [7, 11) is 0. The first kappa shape index (κ1) is 13.9. The number of halogens is 3. The Hall–Kier alpha value is -1.56. The maximum atomic E-state index is 13.1. The minimum absolute atomic E-state index is 0.130. The van der Waals surface area contributed by atoms with Crippen LogP contribution in [0.15, 0.2) is 24.3 Å². The lowest BCUT2D eigenvalue weighted by atomic mass is 10.2. The van der Waals surface area contributed by atoms with Crippen molar-refractivity contribution in [3.63, 3.8) is 0 Å². The van der Waals surface area contributed by atoms with Gasteiger partial charge in [0, 0.05) is 0 Å². The number of hydrazine groups is 1. The Morgan fingerprint density at radius 2 is 2.00 bits per heavy atom. The van der Waals surface area contributed by atoms with Crippen LogP contribution in [0.5, 0.6) is 11.6 Å². The van der Waals surface area contributed by atoms with E-state index in [4.69, 9.17) is 33.8 Å². The number of aromatic nitrogens is 1. The van der Waals surface area contributed by atoms with Crippen LogP contribution in [0.25, 0.3) is 0 Å². The third kappa shape index (κ3) is 3.07. The van der Waals surface area contributed by atoms with Gasteiger partial charge >= 0.3 is 0 Å². The van der Waals surface area contributed by atoms with E-state index in [2.05, 4.69) is 10.4 Å². The molecular formula is C12H10Cl2FN3O. The van der Waals surface area contributed by atoms with Crippen molar-refractivity contribution < 1.29 is 9.13 Å². The molecule has 0 bridgehead atoms. The Morgan fingerprint density at radius 1 is 1.26 bits per heavy atom. The monoisotopic (exact) mass is 301 g/mol. The number of nitrogens with two attached hydrogens (primary N) is 1. The van der Waals surface area contributed by atoms with Gasteiger partial charge in [0.1, 0.15) is 16.6 Å². The topological polar surface area (TPSA) is 60.2 Å². The van der Waals surface area contributed by atoms with Crippen LogP contribution in [0.3, 0.4) is 0 Å². The molecule has 0 aliphatic carbocycles. The number of benzene rings is 1. The summed E-state index contributed by atoms with van der Waals surface area (Å²) in [6.45, 7) is 1.63. The number of anilines is 1. The van der Waals surface area contributed by atoms with E-state index in [9.17, 15) is 4.39 Å². The van der Waals surface area contributed by atoms with Crippen LogP contribution in [0.2, 0.25) is 10.0 Å². The van der Waals surface area contributed by atoms with Gasteiger partial charge in [-0.25, -0.2) is 10.2 Å². The van der Waals surface area contributed by atoms with Gasteiger partial charge in [-0.3, -0.25) is 0 Å². The van der Waals surface area contributed by atoms with Gasteiger partial charge in [-0.1, -0.05) is 23.2 Å². The molecule has 1 aromatic heterocycles. The highest BCUT2D eigenvalue weighted by Gasteiger charge is 2.11. The van der Waals surface area contributed by atoms with Gasteiger partial charge in [0.15, 0.2) is 5.82 Å². The fraction of sp³-hybridized carbons (Fsp3) is 0.0833. The number of nitrogens with zero attached hydrogens (tertiary/aromatic N) is 1. The van der Waals surface area contributed by atoms with Crippen molar-refractivity contribution in [1.82, 2.24) is 4.98 Å². The van der Waals surface area contributed by atoms with E-state index in [0.29, 0.717) is 11.3 Å². The highest BCUT2D eigenvalue weighted by atomic mass is 35.5. The third-order valence-electron chi connectivity index (χ3n) is 2.38. The van der Waals surface area contributed by atoms with Crippen LogP contribution in [0.4, 0.5) is 10.2 Å². The molecule has 7 heteroatoms. The second-order valence-corrected chi connectivity index (χ2v) is 4.58. The maximum absolute atomic E-state index is 13.1. The number of nitrogens with one attached hydrogen (secondary N) is 1. The largest absolute Gasteiger partial charge is 0.437 e. The molecule has 0 saturated heterocycles. The Bertz CT molecular complexity index is 622. The van der Waals surface area contributed by atoms with Gasteiger partial charge in [-0.15, -0.1) is 0 Å². The van der Waals surface area contributed by atoms with E-state index in [-0.39, 0.29) is 27.6 Å². The molecule has 0 spiro atoms. The highest BCUT2D eigenvalue weighted by Crippen LogP contribution is 2.33. The predicted molar refractivity (Wildman–Crippen MR) is 73.3 cm³/mol. The second kappa shape index (κ2) is 5.61. The fourth-order valence-corrected chi connectivity index (χ4v) is 1.87. The zero-order chi connectivity index (χ0) is 14.0. The maximum Gasteiger partial charge on any atom is 0.240 e. The average molecular weight is 302 g/mol. The summed E-state index contributed by atoms with van der Waals surface area (Å²) < 4.78 is 18.6. The van der Waals surface area contributed by atoms with E-state index >= 15 is 0 Å². The summed E-state index contributed by atoms with van der Waals surface area (Å²) in [6.07, 6.45) is 0. The molecule has 3 N–H and O–H groups in total. The van der Waals surface area contributed by atoms with Gasteiger partial charge in [0.05, 0.1) is 5.02 Å². The molecule has 0 amide bonds. The van der Waals surface area contributed by atoms with Crippen LogP contribution in [-0.4, -0.2) is 4.98 Å². The molecule has 100 valence electrons. The summed E-state index contributed by atoms with van der Waals surface area (Å²) in [5, 5.41) is 0.501.